The molecule has 0 aliphatic carbocycles. The summed E-state index contributed by atoms with van der Waals surface area (Å²) >= 11 is 0. The maximum atomic E-state index is 11.2. The highest BCUT2D eigenvalue weighted by molar-refractivity contribution is 6.97. The molecule has 0 fully saturated rings. The molecule has 0 saturated heterocycles. The summed E-state index contributed by atoms with van der Waals surface area (Å²) in [5.74, 6) is 0.721. The molecular weight excluding hydrogens is 163 g/mol. The standard InChI is InChI=1S/C10H19BO2/c1-7(2)5-9(12)11-10(13)6-8(3)4/h7-8,11H,5-6H2,1-4H3. The zero-order valence-corrected chi connectivity index (χ0v) is 9.09. The van der Waals surface area contributed by atoms with E-state index >= 15 is 0 Å². The van der Waals surface area contributed by atoms with Crippen molar-refractivity contribution in [3.05, 3.63) is 0 Å². The van der Waals surface area contributed by atoms with E-state index in [0.29, 0.717) is 24.7 Å². The van der Waals surface area contributed by atoms with E-state index in [2.05, 4.69) is 0 Å². The highest BCUT2D eigenvalue weighted by Gasteiger charge is 2.14. The topological polar surface area (TPSA) is 34.1 Å². The first kappa shape index (κ1) is 12.4. The molecule has 0 aromatic carbocycles. The van der Waals surface area contributed by atoms with Crippen LogP contribution in [0.1, 0.15) is 40.5 Å². The van der Waals surface area contributed by atoms with Gasteiger partial charge in [-0.1, -0.05) is 27.7 Å². The SMILES string of the molecule is CC(C)CC(=O)BC(=O)CC(C)C. The highest BCUT2D eigenvalue weighted by Crippen LogP contribution is 2.02. The summed E-state index contributed by atoms with van der Waals surface area (Å²) in [4.78, 5) is 22.4. The zero-order valence-electron chi connectivity index (χ0n) is 9.09. The van der Waals surface area contributed by atoms with Crippen molar-refractivity contribution in [2.45, 2.75) is 40.5 Å². The Bertz CT molecular complexity index is 165. The molecule has 0 rings (SSSR count). The largest absolute Gasteiger partial charge is 0.311 e. The first-order valence-electron chi connectivity index (χ1n) is 4.95. The lowest BCUT2D eigenvalue weighted by Gasteiger charge is -2.03. The maximum Gasteiger partial charge on any atom is 0.285 e. The Kier molecular flexibility index (Phi) is 5.68. The molecule has 0 unspecified atom stereocenters. The number of hydrogen-bond acceptors (Lipinski definition) is 2. The van der Waals surface area contributed by atoms with Crippen molar-refractivity contribution in [1.29, 1.82) is 0 Å². The van der Waals surface area contributed by atoms with Gasteiger partial charge in [-0.05, 0) is 24.7 Å². The number of rotatable bonds is 6. The van der Waals surface area contributed by atoms with Gasteiger partial charge in [-0.2, -0.15) is 0 Å². The Balaban J connectivity index is 3.72. The molecule has 0 heterocycles. The van der Waals surface area contributed by atoms with Gasteiger partial charge in [-0.3, -0.25) is 0 Å². The summed E-state index contributed by atoms with van der Waals surface area (Å²) < 4.78 is 0. The molecule has 0 aromatic rings. The van der Waals surface area contributed by atoms with Crippen LogP contribution in [0, 0.1) is 11.8 Å². The third-order valence-corrected chi connectivity index (χ3v) is 1.67. The second-order valence-corrected chi connectivity index (χ2v) is 4.45. The molecule has 0 aliphatic rings. The Morgan fingerprint density at radius 2 is 1.23 bits per heavy atom. The fourth-order valence-corrected chi connectivity index (χ4v) is 1.27. The van der Waals surface area contributed by atoms with Crippen LogP contribution in [-0.2, 0) is 9.59 Å². The van der Waals surface area contributed by atoms with E-state index in [-0.39, 0.29) is 18.6 Å². The van der Waals surface area contributed by atoms with Crippen molar-refractivity contribution in [1.82, 2.24) is 0 Å². The Labute approximate surface area is 81.3 Å². The van der Waals surface area contributed by atoms with E-state index in [1.807, 2.05) is 27.7 Å². The molecule has 13 heavy (non-hydrogen) atoms. The molecule has 0 atom stereocenters. The summed E-state index contributed by atoms with van der Waals surface area (Å²) in [5.41, 5.74) is 0.168. The predicted octanol–water partition coefficient (Wildman–Crippen LogP) is 1.57. The van der Waals surface area contributed by atoms with Crippen LogP contribution in [-0.4, -0.2) is 18.6 Å². The maximum absolute atomic E-state index is 11.2. The van der Waals surface area contributed by atoms with Gasteiger partial charge < -0.3 is 9.59 Å². The predicted molar refractivity (Wildman–Crippen MR) is 56.1 cm³/mol. The molecule has 0 bridgehead atoms. The van der Waals surface area contributed by atoms with Crippen molar-refractivity contribution < 1.29 is 9.59 Å². The van der Waals surface area contributed by atoms with Crippen LogP contribution < -0.4 is 0 Å². The van der Waals surface area contributed by atoms with Crippen molar-refractivity contribution >= 4 is 18.6 Å². The molecular formula is C10H19BO2. The van der Waals surface area contributed by atoms with E-state index in [1.54, 1.807) is 0 Å². The lowest BCUT2D eigenvalue weighted by Crippen LogP contribution is -2.22. The molecule has 0 saturated carbocycles. The number of carbonyl (C=O) groups excluding carboxylic acids is 2. The first-order valence-corrected chi connectivity index (χ1v) is 4.95. The van der Waals surface area contributed by atoms with Gasteiger partial charge >= 0.3 is 0 Å². The van der Waals surface area contributed by atoms with Crippen molar-refractivity contribution in [2.24, 2.45) is 11.8 Å². The molecule has 0 spiro atoms. The highest BCUT2D eigenvalue weighted by atomic mass is 16.1. The van der Waals surface area contributed by atoms with Crippen LogP contribution in [0.15, 0.2) is 0 Å². The minimum absolute atomic E-state index is 0.0839. The molecule has 0 amide bonds. The van der Waals surface area contributed by atoms with Gasteiger partial charge in [0.05, 0.1) is 11.4 Å². The fourth-order valence-electron chi connectivity index (χ4n) is 1.27. The Morgan fingerprint density at radius 3 is 1.46 bits per heavy atom. The van der Waals surface area contributed by atoms with E-state index < -0.39 is 0 Å². The Hall–Kier alpha value is -0.595. The van der Waals surface area contributed by atoms with E-state index in [4.69, 9.17) is 0 Å². The number of hydrogen-bond donors (Lipinski definition) is 0. The van der Waals surface area contributed by atoms with E-state index in [9.17, 15) is 9.59 Å². The van der Waals surface area contributed by atoms with Crippen LogP contribution in [0.25, 0.3) is 0 Å². The lowest BCUT2D eigenvalue weighted by molar-refractivity contribution is -0.115. The van der Waals surface area contributed by atoms with Gasteiger partial charge in [0.2, 0.25) is 0 Å². The van der Waals surface area contributed by atoms with Gasteiger partial charge in [-0.15, -0.1) is 0 Å². The minimum Gasteiger partial charge on any atom is -0.311 e. The first-order chi connectivity index (χ1) is 5.91. The second kappa shape index (κ2) is 5.95. The molecule has 3 heteroatoms. The van der Waals surface area contributed by atoms with Gasteiger partial charge in [0, 0.05) is 0 Å². The van der Waals surface area contributed by atoms with Gasteiger partial charge in [0.15, 0.2) is 0 Å². The van der Waals surface area contributed by atoms with Gasteiger partial charge in [0.25, 0.3) is 7.28 Å². The summed E-state index contributed by atoms with van der Waals surface area (Å²) in [6.07, 6.45) is 1.06. The average molecular weight is 182 g/mol. The summed E-state index contributed by atoms with van der Waals surface area (Å²) in [6.45, 7) is 7.96. The fraction of sp³-hybridized carbons (Fsp3) is 0.800. The normalized spacial score (nSPS) is 10.6. The smallest absolute Gasteiger partial charge is 0.285 e. The summed E-state index contributed by atoms with van der Waals surface area (Å²) in [6, 6.07) is 0. The van der Waals surface area contributed by atoms with Crippen LogP contribution in [0.5, 0.6) is 0 Å². The van der Waals surface area contributed by atoms with Crippen molar-refractivity contribution in [2.75, 3.05) is 0 Å². The van der Waals surface area contributed by atoms with Gasteiger partial charge in [0.1, 0.15) is 0 Å². The third-order valence-electron chi connectivity index (χ3n) is 1.67. The molecule has 2 nitrogen and oxygen atoms in total. The summed E-state index contributed by atoms with van der Waals surface area (Å²) in [7, 11) is 0.135. The Morgan fingerprint density at radius 1 is 0.923 bits per heavy atom. The van der Waals surface area contributed by atoms with Crippen LogP contribution >= 0.6 is 0 Å². The molecule has 0 N–H and O–H groups in total. The van der Waals surface area contributed by atoms with Crippen molar-refractivity contribution in [3.63, 3.8) is 0 Å². The van der Waals surface area contributed by atoms with Gasteiger partial charge in [-0.25, -0.2) is 0 Å². The lowest BCUT2D eigenvalue weighted by atomic mass is 9.64. The van der Waals surface area contributed by atoms with Crippen LogP contribution in [0.3, 0.4) is 0 Å². The molecule has 0 radical (unpaired) electrons. The minimum atomic E-state index is 0.0839. The van der Waals surface area contributed by atoms with E-state index in [1.165, 1.54) is 0 Å². The summed E-state index contributed by atoms with van der Waals surface area (Å²) in [5, 5.41) is 0. The number of carbonyl (C=O) groups is 2. The van der Waals surface area contributed by atoms with E-state index in [0.717, 1.165) is 0 Å². The monoisotopic (exact) mass is 182 g/mol. The van der Waals surface area contributed by atoms with Crippen LogP contribution in [0.4, 0.5) is 0 Å². The van der Waals surface area contributed by atoms with Crippen molar-refractivity contribution in [3.8, 4) is 0 Å². The second-order valence-electron chi connectivity index (χ2n) is 4.45. The molecule has 0 aromatic heterocycles. The third kappa shape index (κ3) is 7.76. The zero-order chi connectivity index (χ0) is 10.4. The average Bonchev–Trinajstić information content (AvgIpc) is 1.80. The van der Waals surface area contributed by atoms with Crippen LogP contribution in [0.2, 0.25) is 0 Å². The molecule has 0 aliphatic heterocycles. The molecule has 74 valence electrons. The quantitative estimate of drug-likeness (QED) is 0.584.